The van der Waals surface area contributed by atoms with Crippen molar-refractivity contribution in [3.63, 3.8) is 0 Å². The van der Waals surface area contributed by atoms with Crippen molar-refractivity contribution < 1.29 is 40.8 Å². The molecule has 0 radical (unpaired) electrons. The molecule has 0 aliphatic rings. The molecule has 1 atom stereocenters. The minimum Gasteiger partial charge on any atom is -0.743 e. The molecule has 0 fully saturated rings. The highest BCUT2D eigenvalue weighted by Crippen LogP contribution is 2.20. The third-order valence-corrected chi connectivity index (χ3v) is 2.64. The quantitative estimate of drug-likeness (QED) is 0.370. The van der Waals surface area contributed by atoms with Gasteiger partial charge in [0.1, 0.15) is 6.61 Å². The van der Waals surface area contributed by atoms with Gasteiger partial charge in [-0.05, 0) is 6.92 Å². The molecule has 1 unspecified atom stereocenters. The van der Waals surface area contributed by atoms with Crippen LogP contribution in [-0.4, -0.2) is 43.4 Å². The molecular formula is C9H11F2O7S-. The van der Waals surface area contributed by atoms with Crippen molar-refractivity contribution in [2.45, 2.75) is 12.2 Å². The summed E-state index contributed by atoms with van der Waals surface area (Å²) in [6, 6.07) is 0. The van der Waals surface area contributed by atoms with Crippen LogP contribution in [0.15, 0.2) is 12.7 Å². The van der Waals surface area contributed by atoms with Crippen LogP contribution in [0.2, 0.25) is 0 Å². The molecule has 0 saturated carbocycles. The Balaban J connectivity index is 4.32. The van der Waals surface area contributed by atoms with Crippen molar-refractivity contribution in [3.05, 3.63) is 12.7 Å². The lowest BCUT2D eigenvalue weighted by Crippen LogP contribution is -2.36. The Kier molecular flexibility index (Phi) is 6.03. The first-order valence-corrected chi connectivity index (χ1v) is 6.21. The fraction of sp³-hybridized carbons (Fsp3) is 0.556. The van der Waals surface area contributed by atoms with Crippen LogP contribution in [0.3, 0.4) is 0 Å². The molecule has 10 heteroatoms. The lowest BCUT2D eigenvalue weighted by molar-refractivity contribution is -0.157. The Morgan fingerprint density at radius 3 is 2.37 bits per heavy atom. The van der Waals surface area contributed by atoms with E-state index in [2.05, 4.69) is 16.1 Å². The molecule has 0 heterocycles. The first-order valence-electron chi connectivity index (χ1n) is 4.80. The minimum absolute atomic E-state index is 0.459. The maximum absolute atomic E-state index is 12.6. The summed E-state index contributed by atoms with van der Waals surface area (Å²) in [5, 5.41) is -4.71. The second-order valence-electron chi connectivity index (χ2n) is 3.43. The Morgan fingerprint density at radius 1 is 1.42 bits per heavy atom. The van der Waals surface area contributed by atoms with Gasteiger partial charge in [-0.2, -0.15) is 8.78 Å². The highest BCUT2D eigenvalue weighted by molar-refractivity contribution is 7.86. The summed E-state index contributed by atoms with van der Waals surface area (Å²) in [5.74, 6) is -3.17. The van der Waals surface area contributed by atoms with E-state index in [-0.39, 0.29) is 0 Å². The predicted molar refractivity (Wildman–Crippen MR) is 55.9 cm³/mol. The van der Waals surface area contributed by atoms with Gasteiger partial charge < -0.3 is 14.0 Å². The van der Waals surface area contributed by atoms with Crippen LogP contribution in [-0.2, 0) is 29.2 Å². The van der Waals surface area contributed by atoms with Gasteiger partial charge in [0.25, 0.3) is 0 Å². The zero-order valence-corrected chi connectivity index (χ0v) is 10.6. The lowest BCUT2D eigenvalue weighted by Gasteiger charge is -2.20. The average molecular weight is 301 g/mol. The number of halogens is 2. The highest BCUT2D eigenvalue weighted by atomic mass is 32.2. The van der Waals surface area contributed by atoms with Gasteiger partial charge in [0.2, 0.25) is 0 Å². The summed E-state index contributed by atoms with van der Waals surface area (Å²) >= 11 is 0. The van der Waals surface area contributed by atoms with Crippen molar-refractivity contribution in [2.24, 2.45) is 5.92 Å². The number of carbonyl (C=O) groups is 2. The first kappa shape index (κ1) is 17.4. The van der Waals surface area contributed by atoms with Crippen molar-refractivity contribution in [1.29, 1.82) is 0 Å². The molecule has 0 amide bonds. The summed E-state index contributed by atoms with van der Waals surface area (Å²) in [6.45, 7) is 1.93. The zero-order chi connectivity index (χ0) is 15.3. The number of alkyl halides is 2. The Bertz CT molecular complexity index is 457. The van der Waals surface area contributed by atoms with E-state index in [1.54, 1.807) is 0 Å². The van der Waals surface area contributed by atoms with Crippen LogP contribution in [0.25, 0.3) is 0 Å². The summed E-state index contributed by atoms with van der Waals surface area (Å²) in [7, 11) is -5.91. The fourth-order valence-electron chi connectivity index (χ4n) is 0.704. The molecule has 0 N–H and O–H groups in total. The van der Waals surface area contributed by atoms with Crippen molar-refractivity contribution >= 4 is 22.1 Å². The number of esters is 2. The summed E-state index contributed by atoms with van der Waals surface area (Å²) in [5.41, 5.74) is 0. The molecule has 0 saturated heterocycles. The topological polar surface area (TPSA) is 110 Å². The predicted octanol–water partition coefficient (Wildman–Crippen LogP) is 0.0329. The summed E-state index contributed by atoms with van der Waals surface area (Å²) in [6.07, 6.45) is 0.830. The van der Waals surface area contributed by atoms with Crippen LogP contribution < -0.4 is 0 Å². The van der Waals surface area contributed by atoms with Crippen LogP contribution in [0, 0.1) is 5.92 Å². The Labute approximate surface area is 107 Å². The van der Waals surface area contributed by atoms with E-state index in [9.17, 15) is 31.3 Å². The molecule has 0 aromatic rings. The monoisotopic (exact) mass is 301 g/mol. The fourth-order valence-corrected chi connectivity index (χ4v) is 0.907. The zero-order valence-electron chi connectivity index (χ0n) is 9.80. The van der Waals surface area contributed by atoms with E-state index in [1.165, 1.54) is 6.92 Å². The molecule has 19 heavy (non-hydrogen) atoms. The molecular weight excluding hydrogens is 290 g/mol. The number of ether oxygens (including phenoxy) is 2. The molecule has 0 aromatic heterocycles. The lowest BCUT2D eigenvalue weighted by atomic mass is 10.2. The normalized spacial score (nSPS) is 13.5. The van der Waals surface area contributed by atoms with Crippen molar-refractivity contribution in [3.8, 4) is 0 Å². The van der Waals surface area contributed by atoms with E-state index in [0.717, 1.165) is 6.08 Å². The molecule has 110 valence electrons. The molecule has 0 spiro atoms. The molecule has 0 aliphatic heterocycles. The second-order valence-corrected chi connectivity index (χ2v) is 4.94. The molecule has 0 rings (SSSR count). The van der Waals surface area contributed by atoms with E-state index < -0.39 is 46.4 Å². The van der Waals surface area contributed by atoms with Gasteiger partial charge in [-0.15, -0.1) is 0 Å². The minimum atomic E-state index is -5.91. The smallest absolute Gasteiger partial charge is 0.367 e. The van der Waals surface area contributed by atoms with Crippen molar-refractivity contribution in [1.82, 2.24) is 0 Å². The average Bonchev–Trinajstić information content (AvgIpc) is 2.30. The Morgan fingerprint density at radius 2 is 1.95 bits per heavy atom. The van der Waals surface area contributed by atoms with Crippen LogP contribution in [0.5, 0.6) is 0 Å². The number of carbonyl (C=O) groups excluding carboxylic acids is 2. The molecule has 0 aromatic carbocycles. The number of rotatable bonds is 7. The largest absolute Gasteiger partial charge is 0.743 e. The maximum Gasteiger partial charge on any atom is 0.367 e. The van der Waals surface area contributed by atoms with Gasteiger partial charge in [-0.25, -0.2) is 13.2 Å². The highest BCUT2D eigenvalue weighted by Gasteiger charge is 2.39. The Hall–Kier alpha value is -1.55. The van der Waals surface area contributed by atoms with E-state index in [4.69, 9.17) is 0 Å². The van der Waals surface area contributed by atoms with Crippen LogP contribution in [0.1, 0.15) is 6.92 Å². The molecule has 7 nitrogen and oxygen atoms in total. The van der Waals surface area contributed by atoms with Gasteiger partial charge in [-0.1, -0.05) is 6.58 Å². The summed E-state index contributed by atoms with van der Waals surface area (Å²) < 4.78 is 64.1. The third kappa shape index (κ3) is 5.75. The third-order valence-electron chi connectivity index (χ3n) is 1.79. The molecule has 0 bridgehead atoms. The van der Waals surface area contributed by atoms with Gasteiger partial charge in [-0.3, -0.25) is 4.79 Å². The van der Waals surface area contributed by atoms with Gasteiger partial charge >= 0.3 is 17.2 Å². The summed E-state index contributed by atoms with van der Waals surface area (Å²) in [4.78, 5) is 21.8. The van der Waals surface area contributed by atoms with E-state index in [1.807, 2.05) is 0 Å². The van der Waals surface area contributed by atoms with E-state index >= 15 is 0 Å². The van der Waals surface area contributed by atoms with Crippen LogP contribution in [0.4, 0.5) is 8.78 Å². The van der Waals surface area contributed by atoms with Gasteiger partial charge in [0, 0.05) is 6.08 Å². The van der Waals surface area contributed by atoms with Crippen LogP contribution >= 0.6 is 0 Å². The van der Waals surface area contributed by atoms with Crippen molar-refractivity contribution in [2.75, 3.05) is 13.2 Å². The first-order chi connectivity index (χ1) is 8.51. The SMILES string of the molecule is C=CC(=O)OCC(C)C(=O)OCC(F)(F)S(=O)(=O)[O-]. The number of hydrogen-bond acceptors (Lipinski definition) is 7. The number of hydrogen-bond donors (Lipinski definition) is 0. The maximum atomic E-state index is 12.6. The van der Waals surface area contributed by atoms with E-state index in [0.29, 0.717) is 0 Å². The van der Waals surface area contributed by atoms with Gasteiger partial charge in [0.15, 0.2) is 16.7 Å². The second kappa shape index (κ2) is 6.57. The standard InChI is InChI=1S/C9H12F2O7S/c1-3-7(12)17-4-6(2)8(13)18-5-9(10,11)19(14,15)16/h3,6H,1,4-5H2,2H3,(H,14,15,16)/p-1. The molecule has 0 aliphatic carbocycles. The van der Waals surface area contributed by atoms with Gasteiger partial charge in [0.05, 0.1) is 5.92 Å².